The maximum Gasteiger partial charge on any atom is 0.238 e. The van der Waals surface area contributed by atoms with E-state index in [1.807, 2.05) is 17.0 Å². The fourth-order valence-electron chi connectivity index (χ4n) is 3.87. The van der Waals surface area contributed by atoms with Crippen LogP contribution in [-0.4, -0.2) is 56.3 Å². The summed E-state index contributed by atoms with van der Waals surface area (Å²) >= 11 is 0. The summed E-state index contributed by atoms with van der Waals surface area (Å²) in [4.78, 5) is 16.7. The van der Waals surface area contributed by atoms with Crippen molar-refractivity contribution >= 4 is 15.9 Å². The Labute approximate surface area is 170 Å². The molecule has 28 heavy (non-hydrogen) atoms. The van der Waals surface area contributed by atoms with Crippen LogP contribution < -0.4 is 5.14 Å². The zero-order chi connectivity index (χ0) is 20.6. The van der Waals surface area contributed by atoms with Gasteiger partial charge in [-0.3, -0.25) is 4.79 Å². The molecule has 0 aromatic heterocycles. The van der Waals surface area contributed by atoms with Crippen molar-refractivity contribution in [3.05, 3.63) is 29.8 Å². The zero-order valence-corrected chi connectivity index (χ0v) is 18.1. The number of nitrogens with two attached hydrogens (primary N) is 1. The largest absolute Gasteiger partial charge is 0.343 e. The Morgan fingerprint density at radius 3 is 2.50 bits per heavy atom. The highest BCUT2D eigenvalue weighted by molar-refractivity contribution is 7.89. The third-order valence-electron chi connectivity index (χ3n) is 5.61. The summed E-state index contributed by atoms with van der Waals surface area (Å²) in [5.74, 6) is 0.321. The molecule has 1 amide bonds. The lowest BCUT2D eigenvalue weighted by Crippen LogP contribution is -2.36. The molecule has 1 aliphatic rings. The quantitative estimate of drug-likeness (QED) is 0.602. The van der Waals surface area contributed by atoms with Crippen LogP contribution in [0, 0.1) is 0 Å². The molecule has 1 atom stereocenters. The van der Waals surface area contributed by atoms with Gasteiger partial charge in [-0.1, -0.05) is 25.5 Å². The number of hydrogen-bond acceptors (Lipinski definition) is 4. The number of likely N-dealkylation sites (N-methyl/N-ethyl adjacent to an activating group) is 1. The van der Waals surface area contributed by atoms with Gasteiger partial charge in [0.05, 0.1) is 4.90 Å². The number of likely N-dealkylation sites (tertiary alicyclic amines) is 1. The molecule has 158 valence electrons. The van der Waals surface area contributed by atoms with Gasteiger partial charge < -0.3 is 9.80 Å². The minimum atomic E-state index is -3.64. The Balaban J connectivity index is 1.78. The first-order valence-electron chi connectivity index (χ1n) is 10.4. The van der Waals surface area contributed by atoms with Gasteiger partial charge in [0.25, 0.3) is 0 Å². The number of benzene rings is 1. The topological polar surface area (TPSA) is 83.7 Å². The highest BCUT2D eigenvalue weighted by atomic mass is 32.2. The predicted octanol–water partition coefficient (Wildman–Crippen LogP) is 2.77. The van der Waals surface area contributed by atoms with Crippen molar-refractivity contribution in [3.63, 3.8) is 0 Å². The van der Waals surface area contributed by atoms with Gasteiger partial charge in [0.1, 0.15) is 0 Å². The minimum absolute atomic E-state index is 0.152. The van der Waals surface area contributed by atoms with Gasteiger partial charge in [0, 0.05) is 25.6 Å². The maximum atomic E-state index is 12.1. The van der Waals surface area contributed by atoms with Crippen LogP contribution in [0.1, 0.15) is 57.9 Å². The molecule has 6 nitrogen and oxygen atoms in total. The lowest BCUT2D eigenvalue weighted by molar-refractivity contribution is -0.130. The number of sulfonamides is 1. The normalized spacial score (nSPS) is 17.0. The van der Waals surface area contributed by atoms with Crippen LogP contribution >= 0.6 is 0 Å². The van der Waals surface area contributed by atoms with Crippen molar-refractivity contribution in [1.82, 2.24) is 9.80 Å². The second-order valence-corrected chi connectivity index (χ2v) is 9.33. The van der Waals surface area contributed by atoms with E-state index in [9.17, 15) is 13.2 Å². The molecule has 2 rings (SSSR count). The summed E-state index contributed by atoms with van der Waals surface area (Å²) in [7, 11) is -3.64. The number of amides is 1. The van der Waals surface area contributed by atoms with Crippen molar-refractivity contribution < 1.29 is 13.2 Å². The Bertz CT molecular complexity index is 719. The molecule has 1 aromatic carbocycles. The molecule has 1 heterocycles. The number of rotatable bonds is 10. The van der Waals surface area contributed by atoms with E-state index in [-0.39, 0.29) is 4.90 Å². The zero-order valence-electron chi connectivity index (χ0n) is 17.3. The summed E-state index contributed by atoms with van der Waals surface area (Å²) in [5, 5.41) is 5.16. The molecule has 1 unspecified atom stereocenters. The number of carbonyl (C=O) groups is 1. The Kier molecular flexibility index (Phi) is 8.92. The molecule has 0 bridgehead atoms. The van der Waals surface area contributed by atoms with E-state index < -0.39 is 10.0 Å². The standard InChI is InChI=1S/C21H35N3O3S/c1-3-23(14-7-8-16-24-15-6-4-5-9-21(24)25)18(2)17-19-10-12-20(13-11-19)28(22,26)27/h10-13,18H,3-9,14-17H2,1-2H3,(H2,22,26,27). The monoisotopic (exact) mass is 409 g/mol. The summed E-state index contributed by atoms with van der Waals surface area (Å²) in [6.07, 6.45) is 7.03. The molecule has 1 aromatic rings. The average molecular weight is 410 g/mol. The van der Waals surface area contributed by atoms with Gasteiger partial charge in [-0.05, 0) is 69.8 Å². The summed E-state index contributed by atoms with van der Waals surface area (Å²) in [6, 6.07) is 7.20. The summed E-state index contributed by atoms with van der Waals surface area (Å²) in [6.45, 7) is 8.14. The van der Waals surface area contributed by atoms with Gasteiger partial charge in [-0.25, -0.2) is 13.6 Å². The smallest absolute Gasteiger partial charge is 0.238 e. The molecular weight excluding hydrogens is 374 g/mol. The fourth-order valence-corrected chi connectivity index (χ4v) is 4.38. The number of carbonyl (C=O) groups excluding carboxylic acids is 1. The third kappa shape index (κ3) is 7.18. The fraction of sp³-hybridized carbons (Fsp3) is 0.667. The second kappa shape index (κ2) is 10.9. The second-order valence-electron chi connectivity index (χ2n) is 7.77. The number of hydrogen-bond donors (Lipinski definition) is 1. The Hall–Kier alpha value is -1.44. The molecule has 7 heteroatoms. The Morgan fingerprint density at radius 1 is 1.14 bits per heavy atom. The summed E-state index contributed by atoms with van der Waals surface area (Å²) < 4.78 is 22.7. The van der Waals surface area contributed by atoms with Crippen LogP contribution in [0.15, 0.2) is 29.2 Å². The van der Waals surface area contributed by atoms with Gasteiger partial charge >= 0.3 is 0 Å². The summed E-state index contributed by atoms with van der Waals surface area (Å²) in [5.41, 5.74) is 1.11. The van der Waals surface area contributed by atoms with E-state index in [4.69, 9.17) is 5.14 Å². The molecule has 0 spiro atoms. The van der Waals surface area contributed by atoms with Crippen molar-refractivity contribution in [3.8, 4) is 0 Å². The van der Waals surface area contributed by atoms with Crippen molar-refractivity contribution in [2.45, 2.75) is 69.7 Å². The molecule has 0 aliphatic carbocycles. The lowest BCUT2D eigenvalue weighted by Gasteiger charge is -2.28. The van der Waals surface area contributed by atoms with Gasteiger partial charge in [-0.15, -0.1) is 0 Å². The first kappa shape index (κ1) is 22.8. The highest BCUT2D eigenvalue weighted by Gasteiger charge is 2.17. The predicted molar refractivity (Wildman–Crippen MR) is 113 cm³/mol. The van der Waals surface area contributed by atoms with Crippen LogP contribution in [-0.2, 0) is 21.2 Å². The SMILES string of the molecule is CCN(CCCCN1CCCCCC1=O)C(C)Cc1ccc(S(N)(=O)=O)cc1. The molecule has 1 aliphatic heterocycles. The van der Waals surface area contributed by atoms with Crippen LogP contribution in [0.2, 0.25) is 0 Å². The van der Waals surface area contributed by atoms with Gasteiger partial charge in [-0.2, -0.15) is 0 Å². The molecule has 1 fully saturated rings. The van der Waals surface area contributed by atoms with Crippen LogP contribution in [0.25, 0.3) is 0 Å². The average Bonchev–Trinajstić information content (AvgIpc) is 2.85. The lowest BCUT2D eigenvalue weighted by atomic mass is 10.1. The maximum absolute atomic E-state index is 12.1. The minimum Gasteiger partial charge on any atom is -0.343 e. The van der Waals surface area contributed by atoms with Crippen molar-refractivity contribution in [2.75, 3.05) is 26.2 Å². The third-order valence-corrected chi connectivity index (χ3v) is 6.54. The van der Waals surface area contributed by atoms with Gasteiger partial charge in [0.2, 0.25) is 15.9 Å². The van der Waals surface area contributed by atoms with E-state index in [2.05, 4.69) is 18.7 Å². The number of unbranched alkanes of at least 4 members (excludes halogenated alkanes) is 1. The first-order chi connectivity index (χ1) is 13.3. The molecule has 0 radical (unpaired) electrons. The highest BCUT2D eigenvalue weighted by Crippen LogP contribution is 2.15. The van der Waals surface area contributed by atoms with Crippen molar-refractivity contribution in [1.29, 1.82) is 0 Å². The van der Waals surface area contributed by atoms with Crippen molar-refractivity contribution in [2.24, 2.45) is 5.14 Å². The molecule has 2 N–H and O–H groups in total. The van der Waals surface area contributed by atoms with Crippen LogP contribution in [0.3, 0.4) is 0 Å². The Morgan fingerprint density at radius 2 is 1.86 bits per heavy atom. The van der Waals surface area contributed by atoms with E-state index in [0.29, 0.717) is 18.4 Å². The van der Waals surface area contributed by atoms with Crippen LogP contribution in [0.5, 0.6) is 0 Å². The van der Waals surface area contributed by atoms with Gasteiger partial charge in [0.15, 0.2) is 0 Å². The van der Waals surface area contributed by atoms with E-state index in [0.717, 1.165) is 63.8 Å². The van der Waals surface area contributed by atoms with E-state index >= 15 is 0 Å². The first-order valence-corrected chi connectivity index (χ1v) is 12.0. The van der Waals surface area contributed by atoms with E-state index in [1.165, 1.54) is 6.42 Å². The molecule has 0 saturated carbocycles. The van der Waals surface area contributed by atoms with E-state index in [1.54, 1.807) is 12.1 Å². The molecular formula is C21H35N3O3S. The number of nitrogens with zero attached hydrogens (tertiary/aromatic N) is 2. The van der Waals surface area contributed by atoms with Crippen LogP contribution in [0.4, 0.5) is 0 Å². The number of primary sulfonamides is 1. The molecule has 1 saturated heterocycles.